The predicted octanol–water partition coefficient (Wildman–Crippen LogP) is 7.20. The second-order valence-corrected chi connectivity index (χ2v) is 8.82. The van der Waals surface area contributed by atoms with E-state index in [2.05, 4.69) is 11.8 Å². The van der Waals surface area contributed by atoms with E-state index in [9.17, 15) is 18.0 Å². The van der Waals surface area contributed by atoms with Crippen LogP contribution in [0.1, 0.15) is 73.7 Å². The number of halogens is 3. The zero-order chi connectivity index (χ0) is 23.3. The van der Waals surface area contributed by atoms with Crippen LogP contribution < -0.4 is 9.47 Å². The second kappa shape index (κ2) is 9.91. The Morgan fingerprint density at radius 2 is 1.64 bits per heavy atom. The highest BCUT2D eigenvalue weighted by molar-refractivity contribution is 5.91. The average Bonchev–Trinajstić information content (AvgIpc) is 3.27. The highest BCUT2D eigenvalue weighted by atomic mass is 19.4. The van der Waals surface area contributed by atoms with Gasteiger partial charge in [0.15, 0.2) is 5.60 Å². The van der Waals surface area contributed by atoms with Crippen LogP contribution in [0.15, 0.2) is 48.5 Å². The van der Waals surface area contributed by atoms with Crippen molar-refractivity contribution < 1.29 is 27.4 Å². The minimum absolute atomic E-state index is 0.00441. The van der Waals surface area contributed by atoms with E-state index in [0.29, 0.717) is 18.6 Å². The monoisotopic (exact) mass is 456 g/mol. The van der Waals surface area contributed by atoms with Crippen LogP contribution in [0, 0.1) is 17.8 Å². The Kier molecular flexibility index (Phi) is 6.97. The van der Waals surface area contributed by atoms with Crippen molar-refractivity contribution in [3.63, 3.8) is 0 Å². The van der Waals surface area contributed by atoms with E-state index >= 15 is 0 Å². The molecule has 0 aliphatic heterocycles. The maximum Gasteiger partial charge on any atom is 0.419 e. The molecular formula is C27H27F3O3. The molecule has 2 aliphatic rings. The summed E-state index contributed by atoms with van der Waals surface area (Å²) in [6, 6.07) is 11.5. The summed E-state index contributed by atoms with van der Waals surface area (Å²) < 4.78 is 52.7. The predicted molar refractivity (Wildman–Crippen MR) is 119 cm³/mol. The summed E-state index contributed by atoms with van der Waals surface area (Å²) in [5, 5.41) is 0. The Bertz CT molecular complexity index is 1020. The first-order valence-electron chi connectivity index (χ1n) is 11.5. The van der Waals surface area contributed by atoms with Crippen LogP contribution in [0.5, 0.6) is 11.5 Å². The molecule has 0 heterocycles. The minimum Gasteiger partial charge on any atom is -0.474 e. The van der Waals surface area contributed by atoms with Crippen molar-refractivity contribution in [1.29, 1.82) is 0 Å². The molecule has 3 nitrogen and oxygen atoms in total. The van der Waals surface area contributed by atoms with Gasteiger partial charge in [0.25, 0.3) is 0 Å². The number of alkyl halides is 3. The molecule has 0 bridgehead atoms. The van der Waals surface area contributed by atoms with Crippen LogP contribution in [-0.4, -0.2) is 11.6 Å². The maximum atomic E-state index is 13.8. The van der Waals surface area contributed by atoms with E-state index in [1.165, 1.54) is 6.42 Å². The Morgan fingerprint density at radius 3 is 2.30 bits per heavy atom. The third kappa shape index (κ3) is 5.90. The third-order valence-electron chi connectivity index (χ3n) is 6.30. The molecule has 0 N–H and O–H groups in total. The van der Waals surface area contributed by atoms with Crippen LogP contribution >= 0.6 is 0 Å². The van der Waals surface area contributed by atoms with Gasteiger partial charge in [0.2, 0.25) is 0 Å². The average molecular weight is 457 g/mol. The van der Waals surface area contributed by atoms with Gasteiger partial charge in [-0.2, -0.15) is 13.2 Å². The number of hydrogen-bond donors (Lipinski definition) is 0. The molecule has 0 saturated heterocycles. The first kappa shape index (κ1) is 23.2. The smallest absolute Gasteiger partial charge is 0.419 e. The van der Waals surface area contributed by atoms with E-state index in [0.717, 1.165) is 56.7 Å². The molecule has 33 heavy (non-hydrogen) atoms. The van der Waals surface area contributed by atoms with Gasteiger partial charge in [0.05, 0.1) is 11.1 Å². The Hall–Kier alpha value is -2.94. The number of esters is 1. The van der Waals surface area contributed by atoms with Crippen molar-refractivity contribution in [2.75, 3.05) is 0 Å². The van der Waals surface area contributed by atoms with Gasteiger partial charge < -0.3 is 9.47 Å². The van der Waals surface area contributed by atoms with Crippen molar-refractivity contribution in [2.45, 2.75) is 69.6 Å². The summed E-state index contributed by atoms with van der Waals surface area (Å²) >= 11 is 0. The van der Waals surface area contributed by atoms with Gasteiger partial charge in [-0.3, -0.25) is 0 Å². The lowest BCUT2D eigenvalue weighted by Gasteiger charge is -2.27. The lowest BCUT2D eigenvalue weighted by atomic mass is 9.89. The number of ether oxygens (including phenoxy) is 2. The minimum atomic E-state index is -4.62. The fraction of sp³-hybridized carbons (Fsp3) is 0.444. The molecule has 0 aromatic heterocycles. The summed E-state index contributed by atoms with van der Waals surface area (Å²) in [6.07, 6.45) is 3.75. The first-order valence-corrected chi connectivity index (χ1v) is 11.5. The lowest BCUT2D eigenvalue weighted by molar-refractivity contribution is -0.139. The van der Waals surface area contributed by atoms with Gasteiger partial charge in [-0.1, -0.05) is 49.3 Å². The third-order valence-corrected chi connectivity index (χ3v) is 6.30. The van der Waals surface area contributed by atoms with Crippen molar-refractivity contribution in [2.24, 2.45) is 5.92 Å². The summed E-state index contributed by atoms with van der Waals surface area (Å²) in [6.45, 7) is 0. The highest BCUT2D eigenvalue weighted by Crippen LogP contribution is 2.41. The molecule has 0 spiro atoms. The molecule has 0 radical (unpaired) electrons. The van der Waals surface area contributed by atoms with Crippen LogP contribution in [0.4, 0.5) is 13.2 Å². The second-order valence-electron chi connectivity index (χ2n) is 8.82. The van der Waals surface area contributed by atoms with E-state index < -0.39 is 23.3 Å². The number of carbonyl (C=O) groups excluding carboxylic acids is 1. The molecule has 0 unspecified atom stereocenters. The topological polar surface area (TPSA) is 35.5 Å². The quantitative estimate of drug-likeness (QED) is 0.277. The Balaban J connectivity index is 1.63. The normalized spacial score (nSPS) is 18.3. The standard InChI is InChI=1S/C27H27F3O3/c28-27(29,30)23-14-13-21(25(31)32-22-11-5-2-6-12-22)19-24(23)33-26(16-7-8-17-26)18-15-20-9-3-1-4-10-20/h2,5-6,11-14,19-20H,1,3-4,7-10,16-17H2. The van der Waals surface area contributed by atoms with E-state index in [1.807, 2.05) is 0 Å². The van der Waals surface area contributed by atoms with Gasteiger partial charge in [-0.25, -0.2) is 4.79 Å². The highest BCUT2D eigenvalue weighted by Gasteiger charge is 2.40. The molecule has 174 valence electrons. The molecule has 2 fully saturated rings. The fourth-order valence-electron chi connectivity index (χ4n) is 4.51. The van der Waals surface area contributed by atoms with Crippen molar-refractivity contribution in [1.82, 2.24) is 0 Å². The SMILES string of the molecule is O=C(Oc1ccccc1)c1ccc(C(F)(F)F)c(OC2(C#CC3CCCCC3)CCCC2)c1. The van der Waals surface area contributed by atoms with Crippen molar-refractivity contribution in [3.8, 4) is 23.3 Å². The van der Waals surface area contributed by atoms with Gasteiger partial charge >= 0.3 is 12.1 Å². The molecule has 2 aliphatic carbocycles. The van der Waals surface area contributed by atoms with Gasteiger partial charge in [-0.15, -0.1) is 0 Å². The molecule has 0 amide bonds. The van der Waals surface area contributed by atoms with Crippen LogP contribution in [-0.2, 0) is 6.18 Å². The molecule has 0 atom stereocenters. The Morgan fingerprint density at radius 1 is 0.939 bits per heavy atom. The largest absolute Gasteiger partial charge is 0.474 e. The first-order chi connectivity index (χ1) is 15.8. The summed E-state index contributed by atoms with van der Waals surface area (Å²) in [5.74, 6) is 6.00. The molecule has 2 aromatic carbocycles. The molecular weight excluding hydrogens is 429 g/mol. The zero-order valence-electron chi connectivity index (χ0n) is 18.4. The number of carbonyl (C=O) groups is 1. The van der Waals surface area contributed by atoms with Crippen LogP contribution in [0.2, 0.25) is 0 Å². The van der Waals surface area contributed by atoms with E-state index in [1.54, 1.807) is 30.3 Å². The van der Waals surface area contributed by atoms with Gasteiger partial charge in [0.1, 0.15) is 11.5 Å². The van der Waals surface area contributed by atoms with E-state index in [-0.39, 0.29) is 17.2 Å². The molecule has 6 heteroatoms. The summed E-state index contributed by atoms with van der Waals surface area (Å²) in [7, 11) is 0. The van der Waals surface area contributed by atoms with Crippen molar-refractivity contribution in [3.05, 3.63) is 59.7 Å². The Labute approximate surface area is 192 Å². The van der Waals surface area contributed by atoms with Gasteiger partial charge in [0, 0.05) is 5.92 Å². The fourth-order valence-corrected chi connectivity index (χ4v) is 4.51. The number of rotatable bonds is 4. The van der Waals surface area contributed by atoms with Crippen LogP contribution in [0.25, 0.3) is 0 Å². The molecule has 2 saturated carbocycles. The van der Waals surface area contributed by atoms with Crippen molar-refractivity contribution >= 4 is 5.97 Å². The number of benzene rings is 2. The molecule has 4 rings (SSSR count). The summed E-state index contributed by atoms with van der Waals surface area (Å²) in [5.41, 5.74) is -1.88. The van der Waals surface area contributed by atoms with Gasteiger partial charge in [-0.05, 0) is 68.9 Å². The lowest BCUT2D eigenvalue weighted by Crippen LogP contribution is -2.32. The maximum absolute atomic E-state index is 13.8. The number of para-hydroxylation sites is 1. The number of hydrogen-bond acceptors (Lipinski definition) is 3. The molecule has 2 aromatic rings. The van der Waals surface area contributed by atoms with E-state index in [4.69, 9.17) is 9.47 Å². The zero-order valence-corrected chi connectivity index (χ0v) is 18.4. The van der Waals surface area contributed by atoms with Crippen LogP contribution in [0.3, 0.4) is 0 Å². The summed E-state index contributed by atoms with van der Waals surface area (Å²) in [4.78, 5) is 12.6.